The lowest BCUT2D eigenvalue weighted by Crippen LogP contribution is -2.54. The van der Waals surface area contributed by atoms with Gasteiger partial charge in [0, 0.05) is 32.9 Å². The molecule has 7 heteroatoms. The van der Waals surface area contributed by atoms with E-state index in [2.05, 4.69) is 15.5 Å². The number of hydrogen-bond acceptors (Lipinski definition) is 5. The van der Waals surface area contributed by atoms with Gasteiger partial charge in [-0.2, -0.15) is 4.98 Å². The van der Waals surface area contributed by atoms with E-state index in [-0.39, 0.29) is 18.2 Å². The summed E-state index contributed by atoms with van der Waals surface area (Å²) in [6, 6.07) is 0. The van der Waals surface area contributed by atoms with E-state index in [1.165, 1.54) is 0 Å². The molecule has 21 heavy (non-hydrogen) atoms. The van der Waals surface area contributed by atoms with Crippen molar-refractivity contribution >= 4 is 11.8 Å². The van der Waals surface area contributed by atoms with Crippen LogP contribution in [0.4, 0.5) is 0 Å². The fourth-order valence-corrected chi connectivity index (χ4v) is 2.75. The van der Waals surface area contributed by atoms with Crippen molar-refractivity contribution in [3.8, 4) is 0 Å². The Labute approximate surface area is 124 Å². The number of carbonyl (C=O) groups is 2. The summed E-state index contributed by atoms with van der Waals surface area (Å²) in [4.78, 5) is 30.3. The van der Waals surface area contributed by atoms with Gasteiger partial charge in [0.1, 0.15) is 5.54 Å². The number of hydrogen-bond donors (Lipinski definition) is 1. The minimum absolute atomic E-state index is 0.0464. The number of carbonyl (C=O) groups excluding carboxylic acids is 2. The maximum Gasteiger partial charge on any atom is 0.245 e. The smallest absolute Gasteiger partial charge is 0.245 e. The lowest BCUT2D eigenvalue weighted by atomic mass is 9.97. The van der Waals surface area contributed by atoms with Gasteiger partial charge in [-0.25, -0.2) is 0 Å². The van der Waals surface area contributed by atoms with Crippen molar-refractivity contribution in [2.24, 2.45) is 0 Å². The quantitative estimate of drug-likeness (QED) is 0.863. The number of aromatic nitrogens is 2. The molecule has 0 spiro atoms. The van der Waals surface area contributed by atoms with Gasteiger partial charge < -0.3 is 14.7 Å². The highest BCUT2D eigenvalue weighted by Crippen LogP contribution is 2.30. The first-order chi connectivity index (χ1) is 10.0. The van der Waals surface area contributed by atoms with E-state index >= 15 is 0 Å². The number of nitrogens with zero attached hydrogens (tertiary/aromatic N) is 3. The summed E-state index contributed by atoms with van der Waals surface area (Å²) in [5.74, 6) is 0.962. The van der Waals surface area contributed by atoms with Crippen molar-refractivity contribution < 1.29 is 14.1 Å². The largest absolute Gasteiger partial charge is 0.357 e. The van der Waals surface area contributed by atoms with Crippen LogP contribution in [0, 0.1) is 0 Å². The lowest BCUT2D eigenvalue weighted by molar-refractivity contribution is -0.143. The first-order valence-electron chi connectivity index (χ1n) is 7.35. The molecule has 1 aliphatic rings. The maximum atomic E-state index is 12.4. The van der Waals surface area contributed by atoms with Gasteiger partial charge in [0.25, 0.3) is 0 Å². The second-order valence-corrected chi connectivity index (χ2v) is 5.46. The number of nitrogens with one attached hydrogen (secondary N) is 1. The molecular formula is C14H22N4O3. The second kappa shape index (κ2) is 6.24. The van der Waals surface area contributed by atoms with Gasteiger partial charge in [-0.3, -0.25) is 9.59 Å². The van der Waals surface area contributed by atoms with E-state index in [4.69, 9.17) is 4.52 Å². The number of amides is 2. The Morgan fingerprint density at radius 3 is 2.86 bits per heavy atom. The zero-order chi connectivity index (χ0) is 15.5. The van der Waals surface area contributed by atoms with Crippen molar-refractivity contribution in [1.82, 2.24) is 20.4 Å². The molecule has 1 saturated heterocycles. The van der Waals surface area contributed by atoms with Crippen LogP contribution in [0.25, 0.3) is 0 Å². The van der Waals surface area contributed by atoms with E-state index in [0.717, 1.165) is 6.42 Å². The van der Waals surface area contributed by atoms with E-state index in [0.29, 0.717) is 37.5 Å². The monoisotopic (exact) mass is 294 g/mol. The molecule has 1 aromatic heterocycles. The fraction of sp³-hybridized carbons (Fsp3) is 0.714. The molecular weight excluding hydrogens is 272 g/mol. The van der Waals surface area contributed by atoms with Crippen LogP contribution in [0.1, 0.15) is 44.8 Å². The zero-order valence-corrected chi connectivity index (χ0v) is 12.8. The molecule has 2 rings (SSSR count). The van der Waals surface area contributed by atoms with Gasteiger partial charge in [-0.15, -0.1) is 0 Å². The van der Waals surface area contributed by atoms with E-state index < -0.39 is 5.54 Å². The highest BCUT2D eigenvalue weighted by Gasteiger charge is 2.44. The van der Waals surface area contributed by atoms with E-state index in [1.54, 1.807) is 11.9 Å². The van der Waals surface area contributed by atoms with Crippen LogP contribution in [0.5, 0.6) is 0 Å². The van der Waals surface area contributed by atoms with Gasteiger partial charge in [-0.1, -0.05) is 12.1 Å². The van der Waals surface area contributed by atoms with Gasteiger partial charge in [-0.05, 0) is 19.8 Å². The van der Waals surface area contributed by atoms with Crippen molar-refractivity contribution in [1.29, 1.82) is 0 Å². The third-order valence-electron chi connectivity index (χ3n) is 4.04. The predicted octanol–water partition coefficient (Wildman–Crippen LogP) is 0.692. The van der Waals surface area contributed by atoms with Crippen LogP contribution in [0.2, 0.25) is 0 Å². The summed E-state index contributed by atoms with van der Waals surface area (Å²) >= 11 is 0. The lowest BCUT2D eigenvalue weighted by Gasteiger charge is -2.33. The van der Waals surface area contributed by atoms with Crippen molar-refractivity contribution in [2.45, 2.75) is 51.5 Å². The van der Waals surface area contributed by atoms with Crippen molar-refractivity contribution in [3.05, 3.63) is 11.7 Å². The first-order valence-corrected chi connectivity index (χ1v) is 7.35. The van der Waals surface area contributed by atoms with Crippen molar-refractivity contribution in [2.75, 3.05) is 13.6 Å². The Balaban J connectivity index is 1.97. The molecule has 0 aromatic carbocycles. The van der Waals surface area contributed by atoms with Gasteiger partial charge in [0.15, 0.2) is 5.82 Å². The third kappa shape index (κ3) is 3.06. The topological polar surface area (TPSA) is 88.3 Å². The normalized spacial score (nSPS) is 21.6. The van der Waals surface area contributed by atoms with E-state index in [1.807, 2.05) is 13.8 Å². The molecule has 1 N–H and O–H groups in total. The summed E-state index contributed by atoms with van der Waals surface area (Å²) in [6.45, 7) is 4.38. The molecule has 1 aliphatic heterocycles. The molecule has 0 aliphatic carbocycles. The number of aryl methyl sites for hydroxylation is 2. The SMILES string of the molecule is CCc1noc(CCC(=O)N2CCCC2(C)C(=O)NC)n1. The minimum Gasteiger partial charge on any atom is -0.357 e. The van der Waals surface area contributed by atoms with Gasteiger partial charge in [0.05, 0.1) is 0 Å². The van der Waals surface area contributed by atoms with Crippen LogP contribution >= 0.6 is 0 Å². The van der Waals surface area contributed by atoms with Crippen LogP contribution in [0.3, 0.4) is 0 Å². The second-order valence-electron chi connectivity index (χ2n) is 5.46. The van der Waals surface area contributed by atoms with Crippen LogP contribution < -0.4 is 5.32 Å². The first kappa shape index (κ1) is 15.5. The molecule has 2 heterocycles. The highest BCUT2D eigenvalue weighted by atomic mass is 16.5. The Morgan fingerprint density at radius 2 is 2.24 bits per heavy atom. The Kier molecular flexibility index (Phi) is 4.59. The van der Waals surface area contributed by atoms with Gasteiger partial charge >= 0.3 is 0 Å². The predicted molar refractivity (Wildman–Crippen MR) is 75.4 cm³/mol. The summed E-state index contributed by atoms with van der Waals surface area (Å²) in [7, 11) is 1.60. The molecule has 0 radical (unpaired) electrons. The summed E-state index contributed by atoms with van der Waals surface area (Å²) in [6.07, 6.45) is 2.93. The summed E-state index contributed by atoms with van der Waals surface area (Å²) in [5, 5.41) is 6.45. The highest BCUT2D eigenvalue weighted by molar-refractivity contribution is 5.91. The number of rotatable bonds is 5. The van der Waals surface area contributed by atoms with Crippen molar-refractivity contribution in [3.63, 3.8) is 0 Å². The molecule has 1 aromatic rings. The average molecular weight is 294 g/mol. The fourth-order valence-electron chi connectivity index (χ4n) is 2.75. The van der Waals surface area contributed by atoms with E-state index in [9.17, 15) is 9.59 Å². The number of likely N-dealkylation sites (tertiary alicyclic amines) is 1. The summed E-state index contributed by atoms with van der Waals surface area (Å²) in [5.41, 5.74) is -0.741. The molecule has 1 unspecified atom stereocenters. The molecule has 1 atom stereocenters. The molecule has 2 amide bonds. The van der Waals surface area contributed by atoms with Gasteiger partial charge in [0.2, 0.25) is 17.7 Å². The van der Waals surface area contributed by atoms with Crippen LogP contribution in [-0.4, -0.2) is 46.0 Å². The molecule has 0 bridgehead atoms. The molecule has 116 valence electrons. The zero-order valence-electron chi connectivity index (χ0n) is 12.8. The minimum atomic E-state index is -0.741. The summed E-state index contributed by atoms with van der Waals surface area (Å²) < 4.78 is 5.08. The Bertz CT molecular complexity index is 528. The van der Waals surface area contributed by atoms with Crippen LogP contribution in [0.15, 0.2) is 4.52 Å². The Morgan fingerprint density at radius 1 is 1.48 bits per heavy atom. The average Bonchev–Trinajstić information content (AvgIpc) is 3.11. The molecule has 0 saturated carbocycles. The molecule has 7 nitrogen and oxygen atoms in total. The molecule has 1 fully saturated rings. The maximum absolute atomic E-state index is 12.4. The number of likely N-dealkylation sites (N-methyl/N-ethyl adjacent to an activating group) is 1. The standard InChI is InChI=1S/C14H22N4O3/c1-4-10-16-11(21-17-10)6-7-12(19)18-9-5-8-14(18,2)13(20)15-3/h4-9H2,1-3H3,(H,15,20). The third-order valence-corrected chi connectivity index (χ3v) is 4.04. The Hall–Kier alpha value is -1.92. The van der Waals surface area contributed by atoms with Crippen LogP contribution in [-0.2, 0) is 22.4 Å².